The zero-order valence-electron chi connectivity index (χ0n) is 13.4. The average molecular weight is 323 g/mol. The third-order valence-corrected chi connectivity index (χ3v) is 2.83. The highest BCUT2D eigenvalue weighted by atomic mass is 16.7. The Bertz CT molecular complexity index is 538. The Labute approximate surface area is 134 Å². The Kier molecular flexibility index (Phi) is 7.05. The molecule has 1 atom stereocenters. The van der Waals surface area contributed by atoms with Crippen molar-refractivity contribution in [1.29, 1.82) is 0 Å². The van der Waals surface area contributed by atoms with Crippen molar-refractivity contribution < 1.29 is 29.1 Å². The molecule has 0 saturated carbocycles. The van der Waals surface area contributed by atoms with Crippen LogP contribution in [0.3, 0.4) is 0 Å². The first kappa shape index (κ1) is 18.5. The molecule has 7 heteroatoms. The molecule has 1 heterocycles. The summed E-state index contributed by atoms with van der Waals surface area (Å²) < 4.78 is 5.46. The van der Waals surface area contributed by atoms with E-state index in [1.165, 1.54) is 12.1 Å². The average Bonchev–Trinajstić information content (AvgIpc) is 2.83. The molecule has 0 aromatic heterocycles. The molecule has 126 valence electrons. The minimum Gasteiger partial charge on any atom is -0.508 e. The van der Waals surface area contributed by atoms with Crippen molar-refractivity contribution in [3.05, 3.63) is 24.3 Å². The monoisotopic (exact) mass is 323 g/mol. The van der Waals surface area contributed by atoms with Gasteiger partial charge in [-0.2, -0.15) is 0 Å². The third kappa shape index (κ3) is 5.61. The molecule has 2 rings (SSSR count). The van der Waals surface area contributed by atoms with Crippen LogP contribution in [0.1, 0.15) is 40.0 Å². The normalized spacial score (nSPS) is 14.8. The molecule has 1 aromatic carbocycles. The lowest BCUT2D eigenvalue weighted by Crippen LogP contribution is -2.33. The zero-order chi connectivity index (χ0) is 17.4. The molecule has 1 unspecified atom stereocenters. The van der Waals surface area contributed by atoms with Crippen LogP contribution in [-0.4, -0.2) is 34.1 Å². The summed E-state index contributed by atoms with van der Waals surface area (Å²) in [5.74, 6) is -1.15. The van der Waals surface area contributed by atoms with Crippen LogP contribution in [0.25, 0.3) is 0 Å². The predicted molar refractivity (Wildman–Crippen MR) is 81.3 cm³/mol. The van der Waals surface area contributed by atoms with Crippen LogP contribution in [0.4, 0.5) is 0 Å². The van der Waals surface area contributed by atoms with Crippen molar-refractivity contribution in [3.63, 3.8) is 0 Å². The van der Waals surface area contributed by atoms with Gasteiger partial charge in [-0.05, 0) is 31.2 Å². The Morgan fingerprint density at radius 2 is 1.70 bits per heavy atom. The van der Waals surface area contributed by atoms with Gasteiger partial charge in [-0.15, -0.1) is 5.06 Å². The molecule has 1 saturated heterocycles. The summed E-state index contributed by atoms with van der Waals surface area (Å²) in [6.45, 7) is 5.65. The van der Waals surface area contributed by atoms with Crippen molar-refractivity contribution in [2.45, 2.75) is 46.1 Å². The number of amides is 2. The highest BCUT2D eigenvalue weighted by molar-refractivity contribution is 6.01. The van der Waals surface area contributed by atoms with E-state index in [0.29, 0.717) is 10.8 Å². The Balaban J connectivity index is 0.00000127. The Morgan fingerprint density at radius 3 is 2.22 bits per heavy atom. The Morgan fingerprint density at radius 1 is 1.17 bits per heavy atom. The van der Waals surface area contributed by atoms with Crippen LogP contribution in [0, 0.1) is 0 Å². The number of hydroxylamine groups is 2. The number of phenols is 1. The van der Waals surface area contributed by atoms with Crippen molar-refractivity contribution >= 4 is 17.8 Å². The fourth-order valence-electron chi connectivity index (χ4n) is 1.83. The van der Waals surface area contributed by atoms with Gasteiger partial charge in [-0.25, -0.2) is 4.79 Å². The predicted octanol–water partition coefficient (Wildman–Crippen LogP) is 2.18. The van der Waals surface area contributed by atoms with E-state index in [4.69, 9.17) is 14.7 Å². The second-order valence-corrected chi connectivity index (χ2v) is 4.67. The van der Waals surface area contributed by atoms with Gasteiger partial charge in [0.25, 0.3) is 11.8 Å². The second-order valence-electron chi connectivity index (χ2n) is 4.67. The minimum absolute atomic E-state index is 0.0612. The van der Waals surface area contributed by atoms with E-state index >= 15 is 0 Å². The SMILES string of the molecule is CC.CC(CC(=O)ON1C(=O)CCC1=O)Oc1ccc(O)cc1. The molecule has 1 aliphatic heterocycles. The van der Waals surface area contributed by atoms with Crippen molar-refractivity contribution in [2.24, 2.45) is 0 Å². The second kappa shape index (κ2) is 8.77. The van der Waals surface area contributed by atoms with Gasteiger partial charge in [0.05, 0.1) is 6.42 Å². The van der Waals surface area contributed by atoms with E-state index in [9.17, 15) is 14.4 Å². The van der Waals surface area contributed by atoms with Gasteiger partial charge in [0, 0.05) is 12.8 Å². The number of hydrogen-bond donors (Lipinski definition) is 1. The number of ether oxygens (including phenoxy) is 1. The van der Waals surface area contributed by atoms with E-state index in [-0.39, 0.29) is 25.0 Å². The van der Waals surface area contributed by atoms with Crippen LogP contribution >= 0.6 is 0 Å². The van der Waals surface area contributed by atoms with Gasteiger partial charge in [0.15, 0.2) is 0 Å². The number of nitrogens with zero attached hydrogens (tertiary/aromatic N) is 1. The van der Waals surface area contributed by atoms with Crippen LogP contribution in [0.15, 0.2) is 24.3 Å². The fraction of sp³-hybridized carbons (Fsp3) is 0.438. The summed E-state index contributed by atoms with van der Waals surface area (Å²) >= 11 is 0. The molecule has 1 N–H and O–H groups in total. The summed E-state index contributed by atoms with van der Waals surface area (Å²) in [7, 11) is 0. The molecule has 2 amide bonds. The number of rotatable bonds is 5. The van der Waals surface area contributed by atoms with Crippen molar-refractivity contribution in [3.8, 4) is 11.5 Å². The van der Waals surface area contributed by atoms with Crippen molar-refractivity contribution in [1.82, 2.24) is 5.06 Å². The molecular formula is C16H21NO6. The van der Waals surface area contributed by atoms with E-state index < -0.39 is 23.9 Å². The van der Waals surface area contributed by atoms with Gasteiger partial charge in [0.1, 0.15) is 17.6 Å². The number of benzene rings is 1. The highest BCUT2D eigenvalue weighted by Crippen LogP contribution is 2.18. The lowest BCUT2D eigenvalue weighted by atomic mass is 10.3. The maximum absolute atomic E-state index is 11.7. The summed E-state index contributed by atoms with van der Waals surface area (Å²) in [4.78, 5) is 39.0. The maximum atomic E-state index is 11.7. The molecule has 1 fully saturated rings. The first-order chi connectivity index (χ1) is 11.0. The summed E-state index contributed by atoms with van der Waals surface area (Å²) in [5, 5.41) is 9.66. The lowest BCUT2D eigenvalue weighted by Gasteiger charge is -2.16. The first-order valence-electron chi connectivity index (χ1n) is 7.48. The number of aromatic hydroxyl groups is 1. The van der Waals surface area contributed by atoms with Gasteiger partial charge >= 0.3 is 5.97 Å². The quantitative estimate of drug-likeness (QED) is 0.835. The molecule has 0 aliphatic carbocycles. The number of phenolic OH excluding ortho intramolecular Hbond substituents is 1. The number of imide groups is 1. The van der Waals surface area contributed by atoms with Crippen LogP contribution in [0.2, 0.25) is 0 Å². The molecule has 0 spiro atoms. The molecule has 7 nitrogen and oxygen atoms in total. The third-order valence-electron chi connectivity index (χ3n) is 2.83. The Hall–Kier alpha value is -2.57. The molecular weight excluding hydrogens is 302 g/mol. The van der Waals surface area contributed by atoms with E-state index in [1.807, 2.05) is 13.8 Å². The number of carbonyl (C=O) groups is 3. The summed E-state index contributed by atoms with van der Waals surface area (Å²) in [6.07, 6.45) is -0.496. The highest BCUT2D eigenvalue weighted by Gasteiger charge is 2.33. The lowest BCUT2D eigenvalue weighted by molar-refractivity contribution is -0.198. The molecule has 1 aliphatic rings. The number of hydrogen-bond acceptors (Lipinski definition) is 6. The van der Waals surface area contributed by atoms with Gasteiger partial charge in [-0.1, -0.05) is 13.8 Å². The van der Waals surface area contributed by atoms with Crippen LogP contribution in [-0.2, 0) is 19.2 Å². The standard InChI is InChI=1S/C14H15NO6.C2H6/c1-9(20-11-4-2-10(16)3-5-11)8-14(19)21-15-12(17)6-7-13(15)18;1-2/h2-5,9,16H,6-8H2,1H3;1-2H3. The smallest absolute Gasteiger partial charge is 0.336 e. The summed E-state index contributed by atoms with van der Waals surface area (Å²) in [6, 6.07) is 6.04. The fourth-order valence-corrected chi connectivity index (χ4v) is 1.83. The van der Waals surface area contributed by atoms with E-state index in [0.717, 1.165) is 0 Å². The maximum Gasteiger partial charge on any atom is 0.336 e. The van der Waals surface area contributed by atoms with Crippen LogP contribution < -0.4 is 4.74 Å². The van der Waals surface area contributed by atoms with Gasteiger partial charge in [-0.3, -0.25) is 9.59 Å². The van der Waals surface area contributed by atoms with Crippen LogP contribution in [0.5, 0.6) is 11.5 Å². The largest absolute Gasteiger partial charge is 0.508 e. The summed E-state index contributed by atoms with van der Waals surface area (Å²) in [5.41, 5.74) is 0. The number of carbonyl (C=O) groups excluding carboxylic acids is 3. The van der Waals surface area contributed by atoms with E-state index in [1.54, 1.807) is 19.1 Å². The van der Waals surface area contributed by atoms with E-state index in [2.05, 4.69) is 0 Å². The topological polar surface area (TPSA) is 93.1 Å². The molecule has 1 aromatic rings. The van der Waals surface area contributed by atoms with Gasteiger partial charge in [0.2, 0.25) is 0 Å². The van der Waals surface area contributed by atoms with Crippen molar-refractivity contribution in [2.75, 3.05) is 0 Å². The minimum atomic E-state index is -0.718. The molecule has 0 bridgehead atoms. The molecule has 0 radical (unpaired) electrons. The zero-order valence-corrected chi connectivity index (χ0v) is 13.4. The first-order valence-corrected chi connectivity index (χ1v) is 7.48. The van der Waals surface area contributed by atoms with Gasteiger partial charge < -0.3 is 14.7 Å². The molecule has 23 heavy (non-hydrogen) atoms.